The van der Waals surface area contributed by atoms with Crippen LogP contribution in [0.1, 0.15) is 21.5 Å². The third kappa shape index (κ3) is 3.19. The van der Waals surface area contributed by atoms with Crippen LogP contribution >= 0.6 is 11.3 Å². The highest BCUT2D eigenvalue weighted by Crippen LogP contribution is 2.32. The van der Waals surface area contributed by atoms with Gasteiger partial charge in [0.25, 0.3) is 5.91 Å². The molecule has 2 rings (SSSR count). The summed E-state index contributed by atoms with van der Waals surface area (Å²) < 4.78 is 38.6. The number of hydrogen-bond donors (Lipinski definition) is 0. The second kappa shape index (κ2) is 5.66. The molecule has 0 atom stereocenters. The van der Waals surface area contributed by atoms with Gasteiger partial charge in [0, 0.05) is 19.0 Å². The van der Waals surface area contributed by atoms with E-state index in [0.29, 0.717) is 5.56 Å². The molecular weight excluding hydrogens is 287 g/mol. The number of rotatable bonds is 3. The van der Waals surface area contributed by atoms with Crippen LogP contribution in [0.3, 0.4) is 0 Å². The summed E-state index contributed by atoms with van der Waals surface area (Å²) in [6.45, 7) is -0.0790. The zero-order valence-electron chi connectivity index (χ0n) is 10.6. The van der Waals surface area contributed by atoms with Gasteiger partial charge >= 0.3 is 6.18 Å². The summed E-state index contributed by atoms with van der Waals surface area (Å²) in [6.07, 6.45) is -4.41. The monoisotopic (exact) mass is 299 g/mol. The average molecular weight is 299 g/mol. The van der Waals surface area contributed by atoms with Crippen molar-refractivity contribution in [2.24, 2.45) is 0 Å². The zero-order valence-corrected chi connectivity index (χ0v) is 11.5. The number of thiophene rings is 1. The Morgan fingerprint density at radius 1 is 1.25 bits per heavy atom. The van der Waals surface area contributed by atoms with E-state index in [4.69, 9.17) is 0 Å². The van der Waals surface area contributed by atoms with Crippen LogP contribution in [0.5, 0.6) is 0 Å². The van der Waals surface area contributed by atoms with Gasteiger partial charge in [-0.2, -0.15) is 24.5 Å². The Kier molecular flexibility index (Phi) is 4.13. The van der Waals surface area contributed by atoms with Gasteiger partial charge in [-0.3, -0.25) is 4.79 Å². The molecule has 20 heavy (non-hydrogen) atoms. The third-order valence-electron chi connectivity index (χ3n) is 2.85. The van der Waals surface area contributed by atoms with Crippen molar-refractivity contribution >= 4 is 17.2 Å². The predicted octanol–water partition coefficient (Wildman–Crippen LogP) is 4.04. The van der Waals surface area contributed by atoms with Crippen molar-refractivity contribution < 1.29 is 18.0 Å². The molecule has 0 N–H and O–H groups in total. The SMILES string of the molecule is CN(Cc1ccccc1C(F)(F)F)C(=O)c1ccsc1. The topological polar surface area (TPSA) is 20.3 Å². The Morgan fingerprint density at radius 3 is 2.55 bits per heavy atom. The molecule has 1 aromatic carbocycles. The van der Waals surface area contributed by atoms with Gasteiger partial charge in [-0.05, 0) is 23.1 Å². The van der Waals surface area contributed by atoms with E-state index in [0.717, 1.165) is 6.07 Å². The predicted molar refractivity (Wildman–Crippen MR) is 71.6 cm³/mol. The summed E-state index contributed by atoms with van der Waals surface area (Å²) in [5.74, 6) is -0.289. The van der Waals surface area contributed by atoms with Gasteiger partial charge in [0.05, 0.1) is 11.1 Å². The van der Waals surface area contributed by atoms with E-state index >= 15 is 0 Å². The molecule has 0 aliphatic rings. The molecular formula is C14H12F3NOS. The van der Waals surface area contributed by atoms with Gasteiger partial charge in [-0.1, -0.05) is 18.2 Å². The summed E-state index contributed by atoms with van der Waals surface area (Å²) in [7, 11) is 1.49. The smallest absolute Gasteiger partial charge is 0.337 e. The number of benzene rings is 1. The van der Waals surface area contributed by atoms with Crippen molar-refractivity contribution in [1.29, 1.82) is 0 Å². The van der Waals surface area contributed by atoms with Crippen LogP contribution in [0.2, 0.25) is 0 Å². The van der Waals surface area contributed by atoms with E-state index in [9.17, 15) is 18.0 Å². The summed E-state index contributed by atoms with van der Waals surface area (Å²) in [6, 6.07) is 6.94. The fourth-order valence-corrected chi connectivity index (χ4v) is 2.50. The van der Waals surface area contributed by atoms with Gasteiger partial charge in [0.1, 0.15) is 0 Å². The summed E-state index contributed by atoms with van der Waals surface area (Å²) in [5, 5.41) is 3.43. The number of carbonyl (C=O) groups excluding carboxylic acids is 1. The highest BCUT2D eigenvalue weighted by molar-refractivity contribution is 7.08. The number of alkyl halides is 3. The van der Waals surface area contributed by atoms with Crippen molar-refractivity contribution in [3.63, 3.8) is 0 Å². The Balaban J connectivity index is 2.20. The highest BCUT2D eigenvalue weighted by Gasteiger charge is 2.33. The molecule has 2 aromatic rings. The first-order valence-corrected chi connectivity index (χ1v) is 6.76. The average Bonchev–Trinajstić information content (AvgIpc) is 2.91. The molecule has 1 heterocycles. The molecule has 2 nitrogen and oxygen atoms in total. The summed E-state index contributed by atoms with van der Waals surface area (Å²) in [5.41, 5.74) is -0.127. The van der Waals surface area contributed by atoms with Crippen LogP contribution in [-0.4, -0.2) is 17.9 Å². The van der Waals surface area contributed by atoms with Gasteiger partial charge in [0.2, 0.25) is 0 Å². The molecule has 106 valence electrons. The molecule has 0 aliphatic carbocycles. The van der Waals surface area contributed by atoms with E-state index in [1.54, 1.807) is 16.8 Å². The van der Waals surface area contributed by atoms with Crippen molar-refractivity contribution in [3.8, 4) is 0 Å². The van der Waals surface area contributed by atoms with Crippen LogP contribution in [0.25, 0.3) is 0 Å². The first kappa shape index (κ1) is 14.6. The lowest BCUT2D eigenvalue weighted by atomic mass is 10.1. The number of hydrogen-bond acceptors (Lipinski definition) is 2. The van der Waals surface area contributed by atoms with Crippen molar-refractivity contribution in [2.45, 2.75) is 12.7 Å². The second-order valence-corrected chi connectivity index (χ2v) is 5.11. The molecule has 0 radical (unpaired) electrons. The lowest BCUT2D eigenvalue weighted by Crippen LogP contribution is -2.27. The van der Waals surface area contributed by atoms with Crippen LogP contribution in [0.4, 0.5) is 13.2 Å². The fraction of sp³-hybridized carbons (Fsp3) is 0.214. The van der Waals surface area contributed by atoms with Crippen LogP contribution in [0.15, 0.2) is 41.1 Å². The van der Waals surface area contributed by atoms with Gasteiger partial charge < -0.3 is 4.90 Å². The fourth-order valence-electron chi connectivity index (χ4n) is 1.87. The highest BCUT2D eigenvalue weighted by atomic mass is 32.1. The summed E-state index contributed by atoms with van der Waals surface area (Å²) in [4.78, 5) is 13.3. The normalized spacial score (nSPS) is 11.4. The maximum atomic E-state index is 12.9. The number of carbonyl (C=O) groups is 1. The van der Waals surface area contributed by atoms with Crippen LogP contribution in [0, 0.1) is 0 Å². The lowest BCUT2D eigenvalue weighted by molar-refractivity contribution is -0.138. The van der Waals surface area contributed by atoms with E-state index in [1.807, 2.05) is 0 Å². The maximum Gasteiger partial charge on any atom is 0.416 e. The Hall–Kier alpha value is -1.82. The van der Waals surface area contributed by atoms with Crippen LogP contribution in [-0.2, 0) is 12.7 Å². The van der Waals surface area contributed by atoms with Gasteiger partial charge in [-0.25, -0.2) is 0 Å². The molecule has 0 saturated carbocycles. The molecule has 0 saturated heterocycles. The molecule has 0 spiro atoms. The van der Waals surface area contributed by atoms with Crippen molar-refractivity contribution in [1.82, 2.24) is 4.90 Å². The molecule has 6 heteroatoms. The number of halogens is 3. The van der Waals surface area contributed by atoms with Crippen LogP contribution < -0.4 is 0 Å². The van der Waals surface area contributed by atoms with E-state index in [1.165, 1.54) is 41.5 Å². The summed E-state index contributed by atoms with van der Waals surface area (Å²) >= 11 is 1.37. The first-order valence-electron chi connectivity index (χ1n) is 5.82. The van der Waals surface area contributed by atoms with E-state index in [2.05, 4.69) is 0 Å². The first-order chi connectivity index (χ1) is 9.39. The molecule has 0 aliphatic heterocycles. The molecule has 1 amide bonds. The van der Waals surface area contributed by atoms with Crippen molar-refractivity contribution in [2.75, 3.05) is 7.05 Å². The quantitative estimate of drug-likeness (QED) is 0.837. The van der Waals surface area contributed by atoms with E-state index in [-0.39, 0.29) is 18.0 Å². The largest absolute Gasteiger partial charge is 0.416 e. The maximum absolute atomic E-state index is 12.9. The Bertz CT molecular complexity index is 593. The standard InChI is InChI=1S/C14H12F3NOS/c1-18(13(19)11-6-7-20-9-11)8-10-4-2-3-5-12(10)14(15,16)17/h2-7,9H,8H2,1H3. The minimum absolute atomic E-state index is 0.0790. The molecule has 1 aromatic heterocycles. The molecule has 0 fully saturated rings. The number of nitrogens with zero attached hydrogens (tertiary/aromatic N) is 1. The van der Waals surface area contributed by atoms with E-state index < -0.39 is 11.7 Å². The Labute approximate surface area is 118 Å². The molecule has 0 unspecified atom stereocenters. The second-order valence-electron chi connectivity index (χ2n) is 4.33. The van der Waals surface area contributed by atoms with Gasteiger partial charge in [-0.15, -0.1) is 0 Å². The van der Waals surface area contributed by atoms with Crippen molar-refractivity contribution in [3.05, 3.63) is 57.8 Å². The lowest BCUT2D eigenvalue weighted by Gasteiger charge is -2.19. The number of amides is 1. The van der Waals surface area contributed by atoms with Gasteiger partial charge in [0.15, 0.2) is 0 Å². The minimum Gasteiger partial charge on any atom is -0.337 e. The minimum atomic E-state index is -4.41. The molecule has 0 bridgehead atoms. The third-order valence-corrected chi connectivity index (χ3v) is 3.53. The Morgan fingerprint density at radius 2 is 1.95 bits per heavy atom. The zero-order chi connectivity index (χ0) is 14.8.